The van der Waals surface area contributed by atoms with Gasteiger partial charge < -0.3 is 9.64 Å². The number of hydrogen-bond donors (Lipinski definition) is 0. The molecule has 1 aliphatic rings. The van der Waals surface area contributed by atoms with E-state index in [0.29, 0.717) is 0 Å². The number of carbonyl (C=O) groups excluding carboxylic acids is 2. The van der Waals surface area contributed by atoms with Gasteiger partial charge in [-0.15, -0.1) is 0 Å². The Hall–Kier alpha value is -2.05. The Labute approximate surface area is 125 Å². The van der Waals surface area contributed by atoms with E-state index in [9.17, 15) is 22.8 Å². The van der Waals surface area contributed by atoms with Gasteiger partial charge in [0.2, 0.25) is 5.91 Å². The van der Waals surface area contributed by atoms with Crippen molar-refractivity contribution in [3.8, 4) is 0 Å². The van der Waals surface area contributed by atoms with Crippen molar-refractivity contribution in [2.45, 2.75) is 31.6 Å². The molecule has 4 nitrogen and oxygen atoms in total. The normalized spacial score (nSPS) is 21.0. The van der Waals surface area contributed by atoms with E-state index in [-0.39, 0.29) is 17.9 Å². The van der Waals surface area contributed by atoms with Crippen molar-refractivity contribution >= 4 is 17.6 Å². The topological polar surface area (TPSA) is 46.6 Å². The first-order chi connectivity index (χ1) is 10.1. The molecular weight excluding hydrogens is 299 g/mol. The Morgan fingerprint density at radius 2 is 2.05 bits per heavy atom. The predicted octanol–water partition coefficient (Wildman–Crippen LogP) is 2.65. The molecule has 22 heavy (non-hydrogen) atoms. The molecule has 1 aromatic carbocycles. The highest BCUT2D eigenvalue weighted by atomic mass is 19.3. The van der Waals surface area contributed by atoms with E-state index in [1.807, 2.05) is 0 Å². The zero-order valence-electron chi connectivity index (χ0n) is 12.5. The number of esters is 1. The Balaban J connectivity index is 2.45. The molecule has 0 N–H and O–H groups in total. The molecule has 0 aliphatic carbocycles. The lowest BCUT2D eigenvalue weighted by Gasteiger charge is -2.27. The first-order valence-electron chi connectivity index (χ1n) is 6.77. The van der Waals surface area contributed by atoms with Crippen molar-refractivity contribution in [3.05, 3.63) is 29.6 Å². The van der Waals surface area contributed by atoms with E-state index in [0.717, 1.165) is 11.0 Å². The number of likely N-dealkylation sites (N-methyl/N-ethyl adjacent to an activating group) is 1. The summed E-state index contributed by atoms with van der Waals surface area (Å²) < 4.78 is 46.4. The van der Waals surface area contributed by atoms with Crippen molar-refractivity contribution in [3.63, 3.8) is 0 Å². The van der Waals surface area contributed by atoms with Gasteiger partial charge in [-0.2, -0.15) is 8.78 Å². The van der Waals surface area contributed by atoms with Gasteiger partial charge in [0, 0.05) is 13.5 Å². The summed E-state index contributed by atoms with van der Waals surface area (Å²) in [4.78, 5) is 24.8. The highest BCUT2D eigenvalue weighted by Gasteiger charge is 2.55. The molecule has 7 heteroatoms. The number of carbonyl (C=O) groups is 2. The Morgan fingerprint density at radius 1 is 1.41 bits per heavy atom. The minimum atomic E-state index is -3.84. The Morgan fingerprint density at radius 3 is 2.64 bits per heavy atom. The van der Waals surface area contributed by atoms with Crippen LogP contribution in [0.15, 0.2) is 18.2 Å². The van der Waals surface area contributed by atoms with E-state index in [4.69, 9.17) is 0 Å². The van der Waals surface area contributed by atoms with Gasteiger partial charge in [-0.1, -0.05) is 12.1 Å². The van der Waals surface area contributed by atoms with Crippen molar-refractivity contribution in [1.82, 2.24) is 0 Å². The molecule has 120 valence electrons. The van der Waals surface area contributed by atoms with Crippen LogP contribution in [0, 0.1) is 5.82 Å². The molecule has 1 aliphatic heterocycles. The average molecular weight is 315 g/mol. The zero-order valence-corrected chi connectivity index (χ0v) is 12.5. The quantitative estimate of drug-likeness (QED) is 0.803. The average Bonchev–Trinajstić information content (AvgIpc) is 2.62. The van der Waals surface area contributed by atoms with Gasteiger partial charge in [0.15, 0.2) is 0 Å². The second-order valence-corrected chi connectivity index (χ2v) is 5.43. The van der Waals surface area contributed by atoms with E-state index in [1.54, 1.807) is 0 Å². The van der Waals surface area contributed by atoms with Crippen LogP contribution in [-0.2, 0) is 19.7 Å². The third-order valence-corrected chi connectivity index (χ3v) is 3.84. The highest BCUT2D eigenvalue weighted by Crippen LogP contribution is 2.47. The summed E-state index contributed by atoms with van der Waals surface area (Å²) in [6, 6.07) is 3.92. The van der Waals surface area contributed by atoms with Crippen LogP contribution in [0.25, 0.3) is 0 Å². The zero-order chi connectivity index (χ0) is 16.7. The van der Waals surface area contributed by atoms with E-state index in [2.05, 4.69) is 4.74 Å². The maximum absolute atomic E-state index is 14.1. The first-order valence-corrected chi connectivity index (χ1v) is 6.77. The number of alkyl halides is 2. The monoisotopic (exact) mass is 315 g/mol. The summed E-state index contributed by atoms with van der Waals surface area (Å²) in [6.07, 6.45) is -1.07. The van der Waals surface area contributed by atoms with E-state index >= 15 is 0 Å². The van der Waals surface area contributed by atoms with Crippen LogP contribution in [0.5, 0.6) is 0 Å². The van der Waals surface area contributed by atoms with Crippen LogP contribution in [0.4, 0.5) is 18.9 Å². The van der Waals surface area contributed by atoms with Crippen LogP contribution in [-0.4, -0.2) is 31.5 Å². The van der Waals surface area contributed by atoms with E-state index < -0.39 is 35.5 Å². The number of para-hydroxylation sites is 1. The van der Waals surface area contributed by atoms with Crippen LogP contribution < -0.4 is 4.90 Å². The molecule has 1 atom stereocenters. The van der Waals surface area contributed by atoms with Crippen LogP contribution >= 0.6 is 0 Å². The van der Waals surface area contributed by atoms with E-state index in [1.165, 1.54) is 33.0 Å². The number of amides is 1. The molecule has 0 bridgehead atoms. The molecular formula is C15H16F3NO3. The molecule has 0 spiro atoms. The lowest BCUT2D eigenvalue weighted by Crippen LogP contribution is -2.44. The SMILES string of the molecule is CCOC(=O)C(F)(F)CC1(C)C(=O)N(C)c2c(F)cccc21. The molecule has 0 radical (unpaired) electrons. The summed E-state index contributed by atoms with van der Waals surface area (Å²) in [5.74, 6) is -6.88. The number of anilines is 1. The fraction of sp³-hybridized carbons (Fsp3) is 0.467. The minimum absolute atomic E-state index is 0.0327. The molecule has 0 saturated carbocycles. The molecule has 1 unspecified atom stereocenters. The second-order valence-electron chi connectivity index (χ2n) is 5.43. The van der Waals surface area contributed by atoms with Crippen LogP contribution in [0.2, 0.25) is 0 Å². The second kappa shape index (κ2) is 5.30. The number of fused-ring (bicyclic) bond motifs is 1. The summed E-state index contributed by atoms with van der Waals surface area (Å²) in [5, 5.41) is 0. The summed E-state index contributed by atoms with van der Waals surface area (Å²) in [6.45, 7) is 2.50. The van der Waals surface area contributed by atoms with Crippen molar-refractivity contribution in [2.75, 3.05) is 18.6 Å². The smallest absolute Gasteiger partial charge is 0.377 e. The van der Waals surface area contributed by atoms with Crippen LogP contribution in [0.1, 0.15) is 25.8 Å². The van der Waals surface area contributed by atoms with Gasteiger partial charge in [0.1, 0.15) is 5.82 Å². The van der Waals surface area contributed by atoms with Gasteiger partial charge in [-0.3, -0.25) is 4.79 Å². The third kappa shape index (κ3) is 2.34. The highest BCUT2D eigenvalue weighted by molar-refractivity contribution is 6.08. The van der Waals surface area contributed by atoms with Gasteiger partial charge in [0.25, 0.3) is 0 Å². The van der Waals surface area contributed by atoms with Crippen molar-refractivity contribution in [2.24, 2.45) is 0 Å². The van der Waals surface area contributed by atoms with Crippen LogP contribution in [0.3, 0.4) is 0 Å². The number of hydrogen-bond acceptors (Lipinski definition) is 3. The third-order valence-electron chi connectivity index (χ3n) is 3.84. The largest absolute Gasteiger partial charge is 0.462 e. The molecule has 0 saturated heterocycles. The molecule has 1 amide bonds. The summed E-state index contributed by atoms with van der Waals surface area (Å²) in [5.41, 5.74) is -1.58. The van der Waals surface area contributed by atoms with Crippen molar-refractivity contribution in [1.29, 1.82) is 0 Å². The summed E-state index contributed by atoms with van der Waals surface area (Å²) >= 11 is 0. The number of ether oxygens (including phenoxy) is 1. The van der Waals surface area contributed by atoms with Crippen molar-refractivity contribution < 1.29 is 27.5 Å². The summed E-state index contributed by atoms with van der Waals surface area (Å²) in [7, 11) is 1.32. The van der Waals surface area contributed by atoms with Gasteiger partial charge >= 0.3 is 11.9 Å². The standard InChI is InChI=1S/C15H16F3NO3/c1-4-22-13(21)15(17,18)8-14(2)9-6-5-7-10(16)11(9)19(3)12(14)20/h5-7H,4,8H2,1-3H3. The number of halogens is 3. The molecule has 0 fully saturated rings. The molecule has 1 heterocycles. The number of nitrogens with zero attached hydrogens (tertiary/aromatic N) is 1. The number of rotatable bonds is 4. The van der Waals surface area contributed by atoms with Gasteiger partial charge in [0.05, 0.1) is 17.7 Å². The molecule has 0 aromatic heterocycles. The fourth-order valence-electron chi connectivity index (χ4n) is 2.81. The Bertz CT molecular complexity index is 632. The maximum atomic E-state index is 14.1. The maximum Gasteiger partial charge on any atom is 0.377 e. The minimum Gasteiger partial charge on any atom is -0.462 e. The van der Waals surface area contributed by atoms with Gasteiger partial charge in [-0.25, -0.2) is 9.18 Å². The Kier molecular flexibility index (Phi) is 3.93. The predicted molar refractivity (Wildman–Crippen MR) is 73.4 cm³/mol. The number of benzene rings is 1. The lowest BCUT2D eigenvalue weighted by atomic mass is 9.78. The lowest BCUT2D eigenvalue weighted by molar-refractivity contribution is -0.174. The van der Waals surface area contributed by atoms with Gasteiger partial charge in [-0.05, 0) is 25.5 Å². The first kappa shape index (κ1) is 16.3. The molecule has 1 aromatic rings. The molecule has 2 rings (SSSR count). The fourth-order valence-corrected chi connectivity index (χ4v) is 2.81.